The molecule has 0 saturated carbocycles. The summed E-state index contributed by atoms with van der Waals surface area (Å²) in [7, 11) is 0. The van der Waals surface area contributed by atoms with Gasteiger partial charge in [0.2, 0.25) is 0 Å². The third-order valence-electron chi connectivity index (χ3n) is 2.86. The molecule has 0 aliphatic carbocycles. The van der Waals surface area contributed by atoms with Gasteiger partial charge >= 0.3 is 11.9 Å². The molecule has 1 N–H and O–H groups in total. The molecule has 2 rings (SSSR count). The van der Waals surface area contributed by atoms with Crippen molar-refractivity contribution in [2.24, 2.45) is 0 Å². The van der Waals surface area contributed by atoms with E-state index < -0.39 is 23.9 Å². The van der Waals surface area contributed by atoms with Gasteiger partial charge in [-0.1, -0.05) is 36.9 Å². The van der Waals surface area contributed by atoms with E-state index in [0.717, 1.165) is 17.7 Å². The second-order valence-electron chi connectivity index (χ2n) is 4.65. The number of benzene rings is 1. The summed E-state index contributed by atoms with van der Waals surface area (Å²) in [5.41, 5.74) is 1.34. The first-order chi connectivity index (χ1) is 10.5. The second kappa shape index (κ2) is 7.21. The van der Waals surface area contributed by atoms with E-state index in [1.807, 2.05) is 30.3 Å². The van der Waals surface area contributed by atoms with Gasteiger partial charge in [0, 0.05) is 24.3 Å². The quantitative estimate of drug-likeness (QED) is 0.653. The van der Waals surface area contributed by atoms with Gasteiger partial charge in [-0.05, 0) is 5.56 Å². The van der Waals surface area contributed by atoms with Gasteiger partial charge in [0.25, 0.3) is 5.91 Å². The SMILES string of the molecule is C=C1CC(OC(=O)/C=C/C(=O)OCc2ccccc2)C(=O)N1. The summed E-state index contributed by atoms with van der Waals surface area (Å²) in [5, 5.41) is 2.45. The Morgan fingerprint density at radius 1 is 1.23 bits per heavy atom. The summed E-state index contributed by atoms with van der Waals surface area (Å²) >= 11 is 0. The van der Waals surface area contributed by atoms with E-state index in [2.05, 4.69) is 11.9 Å². The lowest BCUT2D eigenvalue weighted by Gasteiger charge is -2.06. The molecule has 1 atom stereocenters. The first kappa shape index (κ1) is 15.5. The smallest absolute Gasteiger partial charge is 0.331 e. The zero-order valence-electron chi connectivity index (χ0n) is 11.8. The predicted molar refractivity (Wildman–Crippen MR) is 77.2 cm³/mol. The number of nitrogens with one attached hydrogen (secondary N) is 1. The molecule has 6 heteroatoms. The van der Waals surface area contributed by atoms with Gasteiger partial charge in [0.1, 0.15) is 6.61 Å². The Morgan fingerprint density at radius 3 is 2.55 bits per heavy atom. The molecule has 0 bridgehead atoms. The van der Waals surface area contributed by atoms with Crippen LogP contribution in [0.5, 0.6) is 0 Å². The first-order valence-electron chi connectivity index (χ1n) is 6.62. The van der Waals surface area contributed by atoms with Crippen molar-refractivity contribution in [2.45, 2.75) is 19.1 Å². The van der Waals surface area contributed by atoms with Gasteiger partial charge in [-0.2, -0.15) is 0 Å². The first-order valence-corrected chi connectivity index (χ1v) is 6.62. The van der Waals surface area contributed by atoms with Gasteiger partial charge in [-0.15, -0.1) is 0 Å². The van der Waals surface area contributed by atoms with E-state index in [-0.39, 0.29) is 13.0 Å². The van der Waals surface area contributed by atoms with Crippen LogP contribution < -0.4 is 5.32 Å². The Labute approximate surface area is 127 Å². The molecular weight excluding hydrogens is 286 g/mol. The summed E-state index contributed by atoms with van der Waals surface area (Å²) in [6, 6.07) is 9.15. The minimum Gasteiger partial charge on any atom is -0.458 e. The van der Waals surface area contributed by atoms with Crippen LogP contribution in [0.4, 0.5) is 0 Å². The maximum Gasteiger partial charge on any atom is 0.331 e. The molecule has 1 aromatic carbocycles. The van der Waals surface area contributed by atoms with Crippen molar-refractivity contribution in [1.82, 2.24) is 5.32 Å². The van der Waals surface area contributed by atoms with Crippen molar-refractivity contribution in [2.75, 3.05) is 0 Å². The minimum absolute atomic E-state index is 0.115. The summed E-state index contributed by atoms with van der Waals surface area (Å²) in [6.45, 7) is 3.69. The Bertz CT molecular complexity index is 621. The van der Waals surface area contributed by atoms with Crippen LogP contribution >= 0.6 is 0 Å². The van der Waals surface area contributed by atoms with Gasteiger partial charge in [0.15, 0.2) is 6.10 Å². The molecule has 114 valence electrons. The van der Waals surface area contributed by atoms with Crippen LogP contribution in [0, 0.1) is 0 Å². The number of carbonyl (C=O) groups excluding carboxylic acids is 3. The van der Waals surface area contributed by atoms with Gasteiger partial charge in [0.05, 0.1) is 0 Å². The molecule has 1 fully saturated rings. The Morgan fingerprint density at radius 2 is 1.91 bits per heavy atom. The zero-order chi connectivity index (χ0) is 15.9. The second-order valence-corrected chi connectivity index (χ2v) is 4.65. The van der Waals surface area contributed by atoms with Crippen LogP contribution in [0.15, 0.2) is 54.8 Å². The van der Waals surface area contributed by atoms with E-state index in [1.54, 1.807) is 0 Å². The van der Waals surface area contributed by atoms with Crippen LogP contribution in [0.2, 0.25) is 0 Å². The third kappa shape index (κ3) is 4.59. The number of ether oxygens (including phenoxy) is 2. The molecule has 22 heavy (non-hydrogen) atoms. The van der Waals surface area contributed by atoms with Crippen molar-refractivity contribution in [3.8, 4) is 0 Å². The number of hydrogen-bond donors (Lipinski definition) is 1. The summed E-state index contributed by atoms with van der Waals surface area (Å²) < 4.78 is 9.86. The standard InChI is InChI=1S/C16H15NO5/c1-11-9-13(16(20)17-11)22-15(19)8-7-14(18)21-10-12-5-3-2-4-6-12/h2-8,13H,1,9-10H2,(H,17,20)/b8-7+. The molecule has 1 amide bonds. The number of carbonyl (C=O) groups is 3. The minimum atomic E-state index is -0.898. The fourth-order valence-electron chi connectivity index (χ4n) is 1.81. The molecule has 0 aromatic heterocycles. The highest BCUT2D eigenvalue weighted by molar-refractivity contribution is 5.94. The fraction of sp³-hybridized carbons (Fsp3) is 0.188. The lowest BCUT2D eigenvalue weighted by Crippen LogP contribution is -2.26. The average molecular weight is 301 g/mol. The number of esters is 2. The summed E-state index contributed by atoms with van der Waals surface area (Å²) in [6.07, 6.45) is 1.23. The Kier molecular flexibility index (Phi) is 5.08. The molecule has 1 unspecified atom stereocenters. The summed E-state index contributed by atoms with van der Waals surface area (Å²) in [4.78, 5) is 34.3. The monoisotopic (exact) mass is 301 g/mol. The van der Waals surface area contributed by atoms with Crippen LogP contribution in [0.1, 0.15) is 12.0 Å². The zero-order valence-corrected chi connectivity index (χ0v) is 11.8. The fourth-order valence-corrected chi connectivity index (χ4v) is 1.81. The van der Waals surface area contributed by atoms with Crippen LogP contribution in [0.3, 0.4) is 0 Å². The van der Waals surface area contributed by atoms with Crippen molar-refractivity contribution in [3.05, 3.63) is 60.3 Å². The molecule has 1 aromatic rings. The number of amides is 1. The van der Waals surface area contributed by atoms with Crippen molar-refractivity contribution in [3.63, 3.8) is 0 Å². The number of rotatable bonds is 5. The molecule has 6 nitrogen and oxygen atoms in total. The molecule has 1 saturated heterocycles. The van der Waals surface area contributed by atoms with E-state index >= 15 is 0 Å². The van der Waals surface area contributed by atoms with Crippen LogP contribution in [0.25, 0.3) is 0 Å². The van der Waals surface area contributed by atoms with Crippen molar-refractivity contribution >= 4 is 17.8 Å². The van der Waals surface area contributed by atoms with Crippen molar-refractivity contribution in [1.29, 1.82) is 0 Å². The maximum absolute atomic E-state index is 11.5. The van der Waals surface area contributed by atoms with E-state index in [0.29, 0.717) is 5.70 Å². The topological polar surface area (TPSA) is 81.7 Å². The highest BCUT2D eigenvalue weighted by Crippen LogP contribution is 2.13. The van der Waals surface area contributed by atoms with Gasteiger partial charge < -0.3 is 14.8 Å². The van der Waals surface area contributed by atoms with E-state index in [9.17, 15) is 14.4 Å². The maximum atomic E-state index is 11.5. The lowest BCUT2D eigenvalue weighted by molar-refractivity contribution is -0.149. The molecule has 0 radical (unpaired) electrons. The number of hydrogen-bond acceptors (Lipinski definition) is 5. The van der Waals surface area contributed by atoms with Crippen molar-refractivity contribution < 1.29 is 23.9 Å². The van der Waals surface area contributed by atoms with E-state index in [1.165, 1.54) is 0 Å². The third-order valence-corrected chi connectivity index (χ3v) is 2.86. The van der Waals surface area contributed by atoms with Crippen LogP contribution in [-0.4, -0.2) is 23.9 Å². The molecular formula is C16H15NO5. The largest absolute Gasteiger partial charge is 0.458 e. The van der Waals surface area contributed by atoms with Gasteiger partial charge in [-0.25, -0.2) is 9.59 Å². The Hall–Kier alpha value is -2.89. The lowest BCUT2D eigenvalue weighted by atomic mass is 10.2. The molecule has 1 aliphatic rings. The molecule has 1 aliphatic heterocycles. The molecule has 1 heterocycles. The highest BCUT2D eigenvalue weighted by atomic mass is 16.5. The summed E-state index contributed by atoms with van der Waals surface area (Å²) in [5.74, 6) is -1.87. The van der Waals surface area contributed by atoms with E-state index in [4.69, 9.17) is 9.47 Å². The highest BCUT2D eigenvalue weighted by Gasteiger charge is 2.29. The Balaban J connectivity index is 1.76. The van der Waals surface area contributed by atoms with Crippen LogP contribution in [-0.2, 0) is 30.5 Å². The van der Waals surface area contributed by atoms with Gasteiger partial charge in [-0.3, -0.25) is 4.79 Å². The predicted octanol–water partition coefficient (Wildman–Crippen LogP) is 1.23. The molecule has 0 spiro atoms. The average Bonchev–Trinajstić information content (AvgIpc) is 2.82. The normalized spacial score (nSPS) is 17.4.